The van der Waals surface area contributed by atoms with Crippen molar-refractivity contribution in [1.29, 1.82) is 0 Å². The van der Waals surface area contributed by atoms with Gasteiger partial charge in [-0.1, -0.05) is 109 Å². The SMILES string of the molecule is CC(C)(C)OC(=O)N1CCN(Cc2ccccc2)C[C@H]1C(=O)C[C@@H]1CCCc2ccccc21.CC(C)(C)OC(=O)N1CCN(Cc2ccccc2)C[C@H]1C(=O)O.N[C@@H]1CCCc2ccccc21. The van der Waals surface area contributed by atoms with Gasteiger partial charge in [-0.25, -0.2) is 14.4 Å². The number of hydrogen-bond acceptors (Lipinski definition) is 9. The molecule has 8 rings (SSSR count). The van der Waals surface area contributed by atoms with Crippen LogP contribution >= 0.6 is 0 Å². The van der Waals surface area contributed by atoms with Crippen molar-refractivity contribution in [1.82, 2.24) is 19.6 Å². The number of carbonyl (C=O) groups excluding carboxylic acids is 3. The van der Waals surface area contributed by atoms with Gasteiger partial charge in [-0.15, -0.1) is 0 Å². The highest BCUT2D eigenvalue weighted by Gasteiger charge is 2.39. The third kappa shape index (κ3) is 15.2. The summed E-state index contributed by atoms with van der Waals surface area (Å²) in [5.41, 5.74) is 12.5. The van der Waals surface area contributed by atoms with Gasteiger partial charge in [0.2, 0.25) is 0 Å². The number of carboxylic acid groups (broad SMARTS) is 1. The molecule has 4 aromatic carbocycles. The van der Waals surface area contributed by atoms with Gasteiger partial charge in [0, 0.05) is 64.8 Å². The zero-order valence-electron chi connectivity index (χ0n) is 40.6. The van der Waals surface area contributed by atoms with Crippen molar-refractivity contribution in [3.8, 4) is 0 Å². The molecular weight excluding hydrogens is 843 g/mol. The summed E-state index contributed by atoms with van der Waals surface area (Å²) < 4.78 is 11.0. The number of hydrogen-bond donors (Lipinski definition) is 2. The fraction of sp³-hybridized carbons (Fsp3) is 0.491. The van der Waals surface area contributed by atoms with Crippen molar-refractivity contribution >= 4 is 23.9 Å². The highest BCUT2D eigenvalue weighted by molar-refractivity contribution is 5.88. The minimum atomic E-state index is -1.01. The molecule has 0 unspecified atom stereocenters. The molecule has 3 N–H and O–H groups in total. The van der Waals surface area contributed by atoms with Crippen LogP contribution in [0.15, 0.2) is 109 Å². The Bertz CT molecular complexity index is 2240. The lowest BCUT2D eigenvalue weighted by Crippen LogP contribution is -2.58. The van der Waals surface area contributed by atoms with Gasteiger partial charge in [0.15, 0.2) is 5.78 Å². The standard InChI is InChI=1S/C28H36N2O3.C17H24N2O4.C10H13N/c1-28(2,3)33-27(32)30-17-16-29(19-21-10-5-4-6-11-21)20-25(30)26(31)18-23-14-9-13-22-12-7-8-15-24(22)23;1-17(2,3)23-16(22)19-10-9-18(12-14(19)15(20)21)11-13-7-5-4-6-8-13;11-10-7-3-5-8-4-1-2-6-9(8)10/h4-8,10-12,15,23,25H,9,13-14,16-20H2,1-3H3;4-8,14H,9-12H2,1-3H3,(H,20,21);1-2,4,6,10H,3,5,7,11H2/t23-,25-;14-;10-/m001/s1. The third-order valence-electron chi connectivity index (χ3n) is 12.7. The van der Waals surface area contributed by atoms with Crippen LogP contribution in [0.1, 0.15) is 119 Å². The summed E-state index contributed by atoms with van der Waals surface area (Å²) in [6, 6.07) is 36.1. The van der Waals surface area contributed by atoms with Crippen molar-refractivity contribution < 1.29 is 33.8 Å². The normalized spacial score (nSPS) is 20.9. The van der Waals surface area contributed by atoms with Gasteiger partial charge in [-0.05, 0) is 119 Å². The quantitative estimate of drug-likeness (QED) is 0.175. The lowest BCUT2D eigenvalue weighted by molar-refractivity contribution is -0.145. The Kier molecular flexibility index (Phi) is 17.8. The molecule has 0 spiro atoms. The van der Waals surface area contributed by atoms with E-state index in [2.05, 4.69) is 70.5 Å². The van der Waals surface area contributed by atoms with Crippen molar-refractivity contribution in [2.45, 2.75) is 135 Å². The fourth-order valence-corrected chi connectivity index (χ4v) is 9.45. The molecule has 2 fully saturated rings. The zero-order chi connectivity index (χ0) is 48.1. The first-order valence-electron chi connectivity index (χ1n) is 24.1. The first-order chi connectivity index (χ1) is 31.9. The molecule has 4 aromatic rings. The monoisotopic (exact) mass is 916 g/mol. The van der Waals surface area contributed by atoms with Crippen LogP contribution in [0, 0.1) is 0 Å². The fourth-order valence-electron chi connectivity index (χ4n) is 9.45. The summed E-state index contributed by atoms with van der Waals surface area (Å²) >= 11 is 0. The molecular formula is C55H73N5O7. The van der Waals surface area contributed by atoms with Crippen LogP contribution in [0.4, 0.5) is 9.59 Å². The van der Waals surface area contributed by atoms with E-state index >= 15 is 0 Å². The van der Waals surface area contributed by atoms with Crippen LogP contribution in [0.3, 0.4) is 0 Å². The Morgan fingerprint density at radius 3 is 1.51 bits per heavy atom. The first-order valence-corrected chi connectivity index (χ1v) is 24.1. The molecule has 12 heteroatoms. The molecule has 2 amide bonds. The number of ether oxygens (including phenoxy) is 2. The maximum Gasteiger partial charge on any atom is 0.411 e. The van der Waals surface area contributed by atoms with Gasteiger partial charge in [-0.2, -0.15) is 0 Å². The van der Waals surface area contributed by atoms with E-state index in [1.54, 1.807) is 25.7 Å². The predicted molar refractivity (Wildman–Crippen MR) is 263 cm³/mol. The van der Waals surface area contributed by atoms with Crippen LogP contribution in [-0.2, 0) is 45.0 Å². The van der Waals surface area contributed by atoms with Gasteiger partial charge < -0.3 is 20.3 Å². The molecule has 67 heavy (non-hydrogen) atoms. The molecule has 4 aliphatic rings. The summed E-state index contributed by atoms with van der Waals surface area (Å²) in [6.45, 7) is 15.4. The molecule has 0 saturated carbocycles. The highest BCUT2D eigenvalue weighted by atomic mass is 16.6. The number of fused-ring (bicyclic) bond motifs is 2. The topological polar surface area (TPSA) is 146 Å². The lowest BCUT2D eigenvalue weighted by atomic mass is 9.79. The number of aryl methyl sites for hydroxylation is 2. The number of amides is 2. The minimum Gasteiger partial charge on any atom is -0.480 e. The maximum atomic E-state index is 13.7. The van der Waals surface area contributed by atoms with Gasteiger partial charge in [0.1, 0.15) is 23.3 Å². The van der Waals surface area contributed by atoms with E-state index in [9.17, 15) is 24.3 Å². The van der Waals surface area contributed by atoms with E-state index in [0.717, 1.165) is 44.3 Å². The molecule has 2 heterocycles. The number of rotatable bonds is 8. The van der Waals surface area contributed by atoms with Crippen LogP contribution in [0.2, 0.25) is 0 Å². The molecule has 0 radical (unpaired) electrons. The Labute approximate surface area is 398 Å². The van der Waals surface area contributed by atoms with Crippen LogP contribution in [-0.4, -0.2) is 111 Å². The molecule has 12 nitrogen and oxygen atoms in total. The predicted octanol–water partition coefficient (Wildman–Crippen LogP) is 9.40. The number of carbonyl (C=O) groups is 4. The van der Waals surface area contributed by atoms with Crippen molar-refractivity contribution in [3.63, 3.8) is 0 Å². The van der Waals surface area contributed by atoms with E-state index in [1.165, 1.54) is 45.6 Å². The summed E-state index contributed by atoms with van der Waals surface area (Å²) in [6.07, 6.45) is 6.34. The van der Waals surface area contributed by atoms with Crippen LogP contribution in [0.5, 0.6) is 0 Å². The van der Waals surface area contributed by atoms with E-state index in [4.69, 9.17) is 15.2 Å². The number of ketones is 1. The summed E-state index contributed by atoms with van der Waals surface area (Å²) in [5, 5.41) is 9.46. The number of piperazine rings is 2. The van der Waals surface area contributed by atoms with Crippen molar-refractivity contribution in [2.24, 2.45) is 5.73 Å². The van der Waals surface area contributed by atoms with Crippen LogP contribution in [0.25, 0.3) is 0 Å². The number of benzene rings is 4. The Hall–Kier alpha value is -5.56. The van der Waals surface area contributed by atoms with Crippen molar-refractivity contribution in [3.05, 3.63) is 143 Å². The second-order valence-corrected chi connectivity index (χ2v) is 20.3. The molecule has 4 atom stereocenters. The highest BCUT2D eigenvalue weighted by Crippen LogP contribution is 2.35. The molecule has 0 bridgehead atoms. The first kappa shape index (κ1) is 50.8. The van der Waals surface area contributed by atoms with Crippen LogP contribution < -0.4 is 5.73 Å². The third-order valence-corrected chi connectivity index (χ3v) is 12.7. The van der Waals surface area contributed by atoms with Gasteiger partial charge in [0.05, 0.1) is 0 Å². The maximum absolute atomic E-state index is 13.7. The Balaban J connectivity index is 0.000000187. The molecule has 0 aromatic heterocycles. The smallest absolute Gasteiger partial charge is 0.411 e. The average molecular weight is 916 g/mol. The lowest BCUT2D eigenvalue weighted by Gasteiger charge is -2.41. The van der Waals surface area contributed by atoms with Crippen molar-refractivity contribution in [2.75, 3.05) is 39.3 Å². The number of nitrogens with zero attached hydrogens (tertiary/aromatic N) is 4. The van der Waals surface area contributed by atoms with Gasteiger partial charge >= 0.3 is 18.2 Å². The number of aliphatic carboxylic acids is 1. The largest absolute Gasteiger partial charge is 0.480 e. The summed E-state index contributed by atoms with van der Waals surface area (Å²) in [4.78, 5) is 57.8. The van der Waals surface area contributed by atoms with Gasteiger partial charge in [-0.3, -0.25) is 24.4 Å². The second kappa shape index (κ2) is 23.4. The van der Waals surface area contributed by atoms with E-state index in [1.807, 2.05) is 69.3 Å². The summed E-state index contributed by atoms with van der Waals surface area (Å²) in [7, 11) is 0. The molecule has 360 valence electrons. The molecule has 2 saturated heterocycles. The number of nitrogens with two attached hydrogens (primary N) is 1. The van der Waals surface area contributed by atoms with E-state index in [-0.39, 0.29) is 17.8 Å². The molecule has 2 aliphatic carbocycles. The number of carboxylic acids is 1. The minimum absolute atomic E-state index is 0.139. The van der Waals surface area contributed by atoms with E-state index in [0.29, 0.717) is 51.7 Å². The number of Topliss-reactive ketones (excluding diaryl/α,β-unsaturated/α-hetero) is 1. The average Bonchev–Trinajstić information content (AvgIpc) is 3.29. The Morgan fingerprint density at radius 2 is 1.01 bits per heavy atom. The summed E-state index contributed by atoms with van der Waals surface area (Å²) in [5.74, 6) is -0.638. The molecule has 2 aliphatic heterocycles. The van der Waals surface area contributed by atoms with E-state index < -0.39 is 35.3 Å². The zero-order valence-corrected chi connectivity index (χ0v) is 40.6. The second-order valence-electron chi connectivity index (χ2n) is 20.3. The Morgan fingerprint density at radius 1 is 0.582 bits per heavy atom. The van der Waals surface area contributed by atoms with Gasteiger partial charge in [0.25, 0.3) is 0 Å².